The van der Waals surface area contributed by atoms with Gasteiger partial charge in [-0.25, -0.2) is 0 Å². The van der Waals surface area contributed by atoms with Gasteiger partial charge in [-0.15, -0.1) is 6.58 Å². The van der Waals surface area contributed by atoms with Crippen LogP contribution in [0, 0.1) is 0 Å². The molecule has 1 aromatic rings. The maximum Gasteiger partial charge on any atom is 0.120 e. The van der Waals surface area contributed by atoms with Crippen molar-refractivity contribution >= 4 is 15.9 Å². The fourth-order valence-corrected chi connectivity index (χ4v) is 1.69. The van der Waals surface area contributed by atoms with Gasteiger partial charge in [0.05, 0.1) is 6.61 Å². The number of hydrogen-bond acceptors (Lipinski definition) is 1. The fourth-order valence-electron chi connectivity index (χ4n) is 1.31. The third-order valence-electron chi connectivity index (χ3n) is 2.12. The van der Waals surface area contributed by atoms with Crippen LogP contribution in [0.5, 0.6) is 5.75 Å². The zero-order chi connectivity index (χ0) is 10.9. The summed E-state index contributed by atoms with van der Waals surface area (Å²) in [5, 5.41) is 0. The average Bonchev–Trinajstić information content (AvgIpc) is 2.23. The minimum Gasteiger partial charge on any atom is -0.494 e. The molecule has 1 nitrogen and oxygen atoms in total. The standard InChI is InChI=1S/C13H17BrO/c1-2-3-4-5-6-10-15-13-9-7-8-12(14)11-13/h2,7-9,11H,1,3-6,10H2. The number of rotatable bonds is 7. The molecule has 0 aliphatic carbocycles. The van der Waals surface area contributed by atoms with E-state index in [2.05, 4.69) is 22.5 Å². The second-order valence-corrected chi connectivity index (χ2v) is 4.36. The molecule has 15 heavy (non-hydrogen) atoms. The van der Waals surface area contributed by atoms with Gasteiger partial charge in [0.2, 0.25) is 0 Å². The predicted molar refractivity (Wildman–Crippen MR) is 68.3 cm³/mol. The Morgan fingerprint density at radius 1 is 1.27 bits per heavy atom. The number of halogens is 1. The number of allylic oxidation sites excluding steroid dienone is 1. The van der Waals surface area contributed by atoms with Crippen LogP contribution >= 0.6 is 15.9 Å². The van der Waals surface area contributed by atoms with E-state index in [1.54, 1.807) is 0 Å². The van der Waals surface area contributed by atoms with Crippen molar-refractivity contribution in [2.45, 2.75) is 25.7 Å². The van der Waals surface area contributed by atoms with Crippen molar-refractivity contribution in [2.24, 2.45) is 0 Å². The molecule has 0 spiro atoms. The summed E-state index contributed by atoms with van der Waals surface area (Å²) in [4.78, 5) is 0. The van der Waals surface area contributed by atoms with Gasteiger partial charge in [0, 0.05) is 4.47 Å². The molecule has 0 saturated carbocycles. The highest BCUT2D eigenvalue weighted by atomic mass is 79.9. The molecule has 0 fully saturated rings. The molecule has 0 aromatic heterocycles. The highest BCUT2D eigenvalue weighted by Gasteiger charge is 1.94. The summed E-state index contributed by atoms with van der Waals surface area (Å²) in [5.74, 6) is 0.938. The van der Waals surface area contributed by atoms with Gasteiger partial charge in [0.15, 0.2) is 0 Å². The van der Waals surface area contributed by atoms with Crippen LogP contribution in [-0.2, 0) is 0 Å². The molecule has 0 aliphatic rings. The summed E-state index contributed by atoms with van der Waals surface area (Å²) in [7, 11) is 0. The van der Waals surface area contributed by atoms with E-state index in [0.717, 1.165) is 29.7 Å². The van der Waals surface area contributed by atoms with E-state index in [1.165, 1.54) is 12.8 Å². The van der Waals surface area contributed by atoms with E-state index in [4.69, 9.17) is 4.74 Å². The topological polar surface area (TPSA) is 9.23 Å². The first-order chi connectivity index (χ1) is 7.33. The summed E-state index contributed by atoms with van der Waals surface area (Å²) in [6.07, 6.45) is 6.61. The molecular formula is C13H17BrO. The average molecular weight is 269 g/mol. The van der Waals surface area contributed by atoms with Crippen LogP contribution < -0.4 is 4.74 Å². The lowest BCUT2D eigenvalue weighted by Gasteiger charge is -2.05. The van der Waals surface area contributed by atoms with Crippen molar-refractivity contribution in [3.63, 3.8) is 0 Å². The monoisotopic (exact) mass is 268 g/mol. The van der Waals surface area contributed by atoms with Crippen molar-refractivity contribution in [1.82, 2.24) is 0 Å². The van der Waals surface area contributed by atoms with Crippen LogP contribution in [-0.4, -0.2) is 6.61 Å². The van der Waals surface area contributed by atoms with Gasteiger partial charge in [-0.05, 0) is 43.9 Å². The number of ether oxygens (including phenoxy) is 1. The molecule has 0 unspecified atom stereocenters. The first-order valence-electron chi connectivity index (χ1n) is 5.32. The maximum atomic E-state index is 5.61. The molecule has 1 rings (SSSR count). The Bertz CT molecular complexity index is 296. The van der Waals surface area contributed by atoms with E-state index in [-0.39, 0.29) is 0 Å². The first-order valence-corrected chi connectivity index (χ1v) is 6.11. The zero-order valence-corrected chi connectivity index (χ0v) is 10.5. The smallest absolute Gasteiger partial charge is 0.120 e. The lowest BCUT2D eigenvalue weighted by atomic mass is 10.2. The van der Waals surface area contributed by atoms with Crippen LogP contribution in [0.25, 0.3) is 0 Å². The Balaban J connectivity index is 2.12. The second-order valence-electron chi connectivity index (χ2n) is 3.44. The van der Waals surface area contributed by atoms with Crippen LogP contribution in [0.2, 0.25) is 0 Å². The Hall–Kier alpha value is -0.760. The number of benzene rings is 1. The molecule has 1 aromatic carbocycles. The molecule has 0 atom stereocenters. The van der Waals surface area contributed by atoms with E-state index >= 15 is 0 Å². The van der Waals surface area contributed by atoms with E-state index in [0.29, 0.717) is 0 Å². The molecule has 2 heteroatoms. The summed E-state index contributed by atoms with van der Waals surface area (Å²) in [6.45, 7) is 4.50. The van der Waals surface area contributed by atoms with Crippen LogP contribution in [0.1, 0.15) is 25.7 Å². The molecule has 0 N–H and O–H groups in total. The highest BCUT2D eigenvalue weighted by molar-refractivity contribution is 9.10. The Morgan fingerprint density at radius 2 is 2.13 bits per heavy atom. The lowest BCUT2D eigenvalue weighted by molar-refractivity contribution is 0.305. The van der Waals surface area contributed by atoms with E-state index in [1.807, 2.05) is 30.3 Å². The predicted octanol–water partition coefficient (Wildman–Crippen LogP) is 4.57. The molecule has 0 amide bonds. The summed E-state index contributed by atoms with van der Waals surface area (Å²) >= 11 is 3.41. The first kappa shape index (κ1) is 12.3. The maximum absolute atomic E-state index is 5.61. The Kier molecular flexibility index (Phi) is 6.17. The van der Waals surface area contributed by atoms with Crippen molar-refractivity contribution in [3.8, 4) is 5.75 Å². The highest BCUT2D eigenvalue weighted by Crippen LogP contribution is 2.17. The van der Waals surface area contributed by atoms with Gasteiger partial charge in [0.1, 0.15) is 5.75 Å². The number of unbranched alkanes of at least 4 members (excludes halogenated alkanes) is 3. The Labute approximate surface area is 100 Å². The molecule has 0 saturated heterocycles. The van der Waals surface area contributed by atoms with Gasteiger partial charge >= 0.3 is 0 Å². The molecule has 0 bridgehead atoms. The van der Waals surface area contributed by atoms with Crippen LogP contribution in [0.4, 0.5) is 0 Å². The van der Waals surface area contributed by atoms with Crippen LogP contribution in [0.15, 0.2) is 41.4 Å². The Morgan fingerprint density at radius 3 is 2.87 bits per heavy atom. The van der Waals surface area contributed by atoms with Crippen LogP contribution in [0.3, 0.4) is 0 Å². The molecule has 82 valence electrons. The zero-order valence-electron chi connectivity index (χ0n) is 8.92. The molecule has 0 heterocycles. The quantitative estimate of drug-likeness (QED) is 0.520. The SMILES string of the molecule is C=CCCCCCOc1cccc(Br)c1. The largest absolute Gasteiger partial charge is 0.494 e. The van der Waals surface area contributed by atoms with E-state index in [9.17, 15) is 0 Å². The van der Waals surface area contributed by atoms with Gasteiger partial charge < -0.3 is 4.74 Å². The summed E-state index contributed by atoms with van der Waals surface area (Å²) in [6, 6.07) is 7.95. The van der Waals surface area contributed by atoms with Gasteiger partial charge in [0.25, 0.3) is 0 Å². The van der Waals surface area contributed by atoms with Gasteiger partial charge in [-0.1, -0.05) is 28.1 Å². The fraction of sp³-hybridized carbons (Fsp3) is 0.385. The third kappa shape index (κ3) is 5.63. The molecule has 0 aliphatic heterocycles. The number of hydrogen-bond donors (Lipinski definition) is 0. The van der Waals surface area contributed by atoms with Crippen molar-refractivity contribution in [3.05, 3.63) is 41.4 Å². The lowest BCUT2D eigenvalue weighted by Crippen LogP contribution is -1.96. The van der Waals surface area contributed by atoms with Gasteiger partial charge in [-0.2, -0.15) is 0 Å². The molecule has 0 radical (unpaired) electrons. The van der Waals surface area contributed by atoms with Crippen molar-refractivity contribution in [1.29, 1.82) is 0 Å². The van der Waals surface area contributed by atoms with Gasteiger partial charge in [-0.3, -0.25) is 0 Å². The summed E-state index contributed by atoms with van der Waals surface area (Å²) < 4.78 is 6.67. The third-order valence-corrected chi connectivity index (χ3v) is 2.61. The summed E-state index contributed by atoms with van der Waals surface area (Å²) in [5.41, 5.74) is 0. The van der Waals surface area contributed by atoms with Crippen molar-refractivity contribution in [2.75, 3.05) is 6.61 Å². The minimum atomic E-state index is 0.799. The minimum absolute atomic E-state index is 0.799. The molecular weight excluding hydrogens is 252 g/mol. The van der Waals surface area contributed by atoms with Crippen molar-refractivity contribution < 1.29 is 4.74 Å². The second kappa shape index (κ2) is 7.52. The normalized spacial score (nSPS) is 9.93. The van der Waals surface area contributed by atoms with E-state index < -0.39 is 0 Å².